The van der Waals surface area contributed by atoms with E-state index in [0.29, 0.717) is 6.42 Å². The molecule has 0 radical (unpaired) electrons. The third-order valence-electron chi connectivity index (χ3n) is 7.30. The number of nitrogens with one attached hydrogen (secondary N) is 2. The molecular weight excluding hydrogens is 478 g/mol. The lowest BCUT2D eigenvalue weighted by atomic mass is 9.89. The molecule has 1 saturated carbocycles. The number of rotatable bonds is 8. The van der Waals surface area contributed by atoms with E-state index >= 15 is 0 Å². The fourth-order valence-corrected chi connectivity index (χ4v) is 5.09. The van der Waals surface area contributed by atoms with E-state index in [1.165, 1.54) is 6.42 Å². The van der Waals surface area contributed by atoms with E-state index < -0.39 is 29.3 Å². The summed E-state index contributed by atoms with van der Waals surface area (Å²) in [4.78, 5) is 43.1. The zero-order valence-corrected chi connectivity index (χ0v) is 25.4. The third kappa shape index (κ3) is 8.74. The Morgan fingerprint density at radius 1 is 1.03 bits per heavy atom. The van der Waals surface area contributed by atoms with Crippen molar-refractivity contribution in [3.63, 3.8) is 0 Å². The van der Waals surface area contributed by atoms with Crippen molar-refractivity contribution in [1.82, 2.24) is 15.5 Å². The first kappa shape index (κ1) is 31.6. The minimum atomic E-state index is -0.843. The van der Waals surface area contributed by atoms with Crippen molar-refractivity contribution in [2.24, 2.45) is 5.92 Å². The van der Waals surface area contributed by atoms with Crippen LogP contribution in [0.2, 0.25) is 0 Å². The number of hydrogen-bond donors (Lipinski definition) is 2. The normalized spacial score (nSPS) is 17.2. The maximum absolute atomic E-state index is 14.5. The van der Waals surface area contributed by atoms with Gasteiger partial charge in [0.25, 0.3) is 0 Å². The molecule has 1 aliphatic carbocycles. The van der Waals surface area contributed by atoms with Crippen LogP contribution in [-0.4, -0.2) is 46.0 Å². The van der Waals surface area contributed by atoms with Crippen LogP contribution >= 0.6 is 0 Å². The fraction of sp³-hybridized carbons (Fsp3) is 0.710. The first-order valence-corrected chi connectivity index (χ1v) is 14.2. The van der Waals surface area contributed by atoms with Gasteiger partial charge in [0.05, 0.1) is 0 Å². The number of nitrogens with zero attached hydrogens (tertiary/aromatic N) is 1. The Bertz CT molecular complexity index is 970. The first-order valence-electron chi connectivity index (χ1n) is 14.2. The summed E-state index contributed by atoms with van der Waals surface area (Å²) in [6.45, 7) is 19.1. The van der Waals surface area contributed by atoms with Crippen molar-refractivity contribution in [3.05, 3.63) is 34.9 Å². The Morgan fingerprint density at radius 3 is 2.16 bits per heavy atom. The van der Waals surface area contributed by atoms with E-state index in [0.717, 1.165) is 42.4 Å². The van der Waals surface area contributed by atoms with Gasteiger partial charge in [-0.2, -0.15) is 0 Å². The van der Waals surface area contributed by atoms with Crippen molar-refractivity contribution in [2.75, 3.05) is 0 Å². The number of hydrogen-bond acceptors (Lipinski definition) is 4. The van der Waals surface area contributed by atoms with E-state index in [1.54, 1.807) is 25.7 Å². The van der Waals surface area contributed by atoms with Gasteiger partial charge in [-0.05, 0) is 85.3 Å². The molecule has 0 aliphatic heterocycles. The second-order valence-corrected chi connectivity index (χ2v) is 13.0. The standard InChI is InChI=1S/C31H51N3O4/c1-11-21(3)25(33-29(37)38-31(8,9)10)28(36)34(30(5,6)7)26(24-19-20(2)17-18-22(24)4)27(35)32-23-15-13-12-14-16-23/h17-19,21,23,25-26H,11-16H2,1-10H3,(H,32,35)(H,33,37). The molecular formula is C31H51N3O4. The molecule has 1 aromatic rings. The van der Waals surface area contributed by atoms with Crippen molar-refractivity contribution >= 4 is 17.9 Å². The van der Waals surface area contributed by atoms with Crippen LogP contribution in [0.1, 0.15) is 117 Å². The molecule has 1 aromatic carbocycles. The quantitative estimate of drug-likeness (QED) is 0.410. The lowest BCUT2D eigenvalue weighted by molar-refractivity contribution is -0.149. The Hall–Kier alpha value is -2.57. The van der Waals surface area contributed by atoms with Gasteiger partial charge in [-0.25, -0.2) is 4.79 Å². The molecule has 38 heavy (non-hydrogen) atoms. The molecule has 3 unspecified atom stereocenters. The molecule has 2 N–H and O–H groups in total. The number of aryl methyl sites for hydroxylation is 2. The summed E-state index contributed by atoms with van der Waals surface area (Å²) >= 11 is 0. The molecule has 1 fully saturated rings. The number of carbonyl (C=O) groups excluding carboxylic acids is 3. The van der Waals surface area contributed by atoms with Crippen LogP contribution in [0.25, 0.3) is 0 Å². The molecule has 3 atom stereocenters. The molecule has 0 spiro atoms. The summed E-state index contributed by atoms with van der Waals surface area (Å²) in [5.41, 5.74) is 1.37. The Morgan fingerprint density at radius 2 is 1.63 bits per heavy atom. The van der Waals surface area contributed by atoms with Crippen LogP contribution in [0.15, 0.2) is 18.2 Å². The SMILES string of the molecule is CCC(C)C(NC(=O)OC(C)(C)C)C(=O)N(C(C(=O)NC1CCCCC1)c1cc(C)ccc1C)C(C)(C)C. The van der Waals surface area contributed by atoms with Gasteiger partial charge >= 0.3 is 6.09 Å². The average molecular weight is 530 g/mol. The second-order valence-electron chi connectivity index (χ2n) is 13.0. The molecule has 1 aliphatic rings. The van der Waals surface area contributed by atoms with Gasteiger partial charge in [-0.15, -0.1) is 0 Å². The van der Waals surface area contributed by atoms with Crippen molar-refractivity contribution in [2.45, 2.75) is 137 Å². The maximum Gasteiger partial charge on any atom is 0.408 e. The molecule has 0 saturated heterocycles. The van der Waals surface area contributed by atoms with Gasteiger partial charge in [0.1, 0.15) is 17.7 Å². The highest BCUT2D eigenvalue weighted by molar-refractivity contribution is 5.93. The number of ether oxygens (including phenoxy) is 1. The van der Waals surface area contributed by atoms with E-state index in [4.69, 9.17) is 4.74 Å². The number of carbonyl (C=O) groups is 3. The molecule has 7 heteroatoms. The lowest BCUT2D eigenvalue weighted by Crippen LogP contribution is -2.60. The molecule has 0 bridgehead atoms. The van der Waals surface area contributed by atoms with Crippen LogP contribution in [-0.2, 0) is 14.3 Å². The minimum absolute atomic E-state index is 0.103. The van der Waals surface area contributed by atoms with Gasteiger partial charge in [-0.3, -0.25) is 9.59 Å². The average Bonchev–Trinajstić information content (AvgIpc) is 2.80. The van der Waals surface area contributed by atoms with E-state index in [9.17, 15) is 14.4 Å². The molecule has 7 nitrogen and oxygen atoms in total. The summed E-state index contributed by atoms with van der Waals surface area (Å²) in [5.74, 6) is -0.628. The largest absolute Gasteiger partial charge is 0.444 e. The van der Waals surface area contributed by atoms with Crippen LogP contribution < -0.4 is 10.6 Å². The minimum Gasteiger partial charge on any atom is -0.444 e. The van der Waals surface area contributed by atoms with Crippen LogP contribution in [0, 0.1) is 19.8 Å². The Balaban J connectivity index is 2.59. The third-order valence-corrected chi connectivity index (χ3v) is 7.30. The second kappa shape index (κ2) is 13.0. The highest BCUT2D eigenvalue weighted by Gasteiger charge is 2.44. The van der Waals surface area contributed by atoms with Crippen molar-refractivity contribution in [1.29, 1.82) is 0 Å². The highest BCUT2D eigenvalue weighted by Crippen LogP contribution is 2.34. The van der Waals surface area contributed by atoms with E-state index in [2.05, 4.69) is 10.6 Å². The summed E-state index contributed by atoms with van der Waals surface area (Å²) in [6, 6.07) is 4.45. The lowest BCUT2D eigenvalue weighted by Gasteiger charge is -2.44. The van der Waals surface area contributed by atoms with Gasteiger partial charge in [0, 0.05) is 11.6 Å². The molecule has 0 aromatic heterocycles. The van der Waals surface area contributed by atoms with Gasteiger partial charge in [0.2, 0.25) is 11.8 Å². The predicted molar refractivity (Wildman–Crippen MR) is 153 cm³/mol. The Labute approximate surface area is 230 Å². The van der Waals surface area contributed by atoms with Gasteiger partial charge < -0.3 is 20.3 Å². The smallest absolute Gasteiger partial charge is 0.408 e. The van der Waals surface area contributed by atoms with Crippen molar-refractivity contribution in [3.8, 4) is 0 Å². The topological polar surface area (TPSA) is 87.7 Å². The number of amides is 3. The fourth-order valence-electron chi connectivity index (χ4n) is 5.09. The summed E-state index contributed by atoms with van der Waals surface area (Å²) in [7, 11) is 0. The van der Waals surface area contributed by atoms with Crippen LogP contribution in [0.5, 0.6) is 0 Å². The molecule has 214 valence electrons. The predicted octanol–water partition coefficient (Wildman–Crippen LogP) is 6.36. The van der Waals surface area contributed by atoms with Crippen LogP contribution in [0.4, 0.5) is 4.79 Å². The first-order chi connectivity index (χ1) is 17.5. The van der Waals surface area contributed by atoms with E-state index in [1.807, 2.05) is 66.7 Å². The van der Waals surface area contributed by atoms with E-state index in [-0.39, 0.29) is 23.8 Å². The summed E-state index contributed by atoms with van der Waals surface area (Å²) < 4.78 is 5.51. The molecule has 0 heterocycles. The highest BCUT2D eigenvalue weighted by atomic mass is 16.6. The monoisotopic (exact) mass is 529 g/mol. The molecule has 3 amide bonds. The Kier molecular flexibility index (Phi) is 10.8. The zero-order valence-electron chi connectivity index (χ0n) is 25.4. The van der Waals surface area contributed by atoms with Crippen LogP contribution in [0.3, 0.4) is 0 Å². The maximum atomic E-state index is 14.5. The number of benzene rings is 1. The zero-order chi connectivity index (χ0) is 28.8. The summed E-state index contributed by atoms with van der Waals surface area (Å²) in [5, 5.41) is 6.13. The number of alkyl carbamates (subject to hydrolysis) is 1. The van der Waals surface area contributed by atoms with Gasteiger partial charge in [-0.1, -0.05) is 63.3 Å². The van der Waals surface area contributed by atoms with Crippen molar-refractivity contribution < 1.29 is 19.1 Å². The van der Waals surface area contributed by atoms with Gasteiger partial charge in [0.15, 0.2) is 0 Å². The summed E-state index contributed by atoms with van der Waals surface area (Å²) in [6.07, 6.45) is 5.31. The molecule has 2 rings (SSSR count).